The number of hydrogen-bond acceptors (Lipinski definition) is 6. The Morgan fingerprint density at radius 3 is 2.79 bits per heavy atom. The van der Waals surface area contributed by atoms with Crippen molar-refractivity contribution in [3.8, 4) is 0 Å². The summed E-state index contributed by atoms with van der Waals surface area (Å²) in [5.74, 6) is -0.823. The van der Waals surface area contributed by atoms with E-state index in [0.29, 0.717) is 17.1 Å². The highest BCUT2D eigenvalue weighted by Crippen LogP contribution is 2.31. The minimum Gasteiger partial charge on any atom is -0.373 e. The second-order valence-corrected chi connectivity index (χ2v) is 10.7. The Morgan fingerprint density at radius 1 is 1.24 bits per heavy atom. The van der Waals surface area contributed by atoms with Gasteiger partial charge >= 0.3 is 0 Å². The predicted molar refractivity (Wildman–Crippen MR) is 126 cm³/mol. The second kappa shape index (κ2) is 9.19. The molecule has 10 heteroatoms. The minimum atomic E-state index is -0.505. The van der Waals surface area contributed by atoms with Gasteiger partial charge in [0.15, 0.2) is 5.01 Å². The molecular formula is C23H27ClFN5O2S. The lowest BCUT2D eigenvalue weighted by Gasteiger charge is -2.33. The molecule has 7 nitrogen and oxygen atoms in total. The number of fused-ring (bicyclic) bond motifs is 2. The fraction of sp³-hybridized carbons (Fsp3) is 0.522. The fourth-order valence-corrected chi connectivity index (χ4v) is 6.20. The van der Waals surface area contributed by atoms with Crippen molar-refractivity contribution in [2.75, 3.05) is 18.9 Å². The molecule has 1 saturated carbocycles. The van der Waals surface area contributed by atoms with Gasteiger partial charge in [-0.2, -0.15) is 0 Å². The smallest absolute Gasteiger partial charge is 0.280 e. The molecule has 1 fully saturated rings. The Hall–Kier alpha value is -2.23. The summed E-state index contributed by atoms with van der Waals surface area (Å²) >= 11 is 7.35. The molecule has 1 aromatic carbocycles. The SMILES string of the molecule is CN1CCc2nc(C(=O)N[C@H]3CCCC[C@@H]3NC(=O)C3Cc4cc(Cl)c(F)cc4N3)sc2C1. The van der Waals surface area contributed by atoms with Crippen LogP contribution in [0.2, 0.25) is 5.02 Å². The fourth-order valence-electron chi connectivity index (χ4n) is 4.92. The van der Waals surface area contributed by atoms with Crippen molar-refractivity contribution in [1.29, 1.82) is 0 Å². The number of amides is 2. The zero-order valence-corrected chi connectivity index (χ0v) is 20.0. The lowest BCUT2D eigenvalue weighted by molar-refractivity contribution is -0.122. The van der Waals surface area contributed by atoms with Crippen LogP contribution in [0.25, 0.3) is 0 Å². The van der Waals surface area contributed by atoms with Crippen LogP contribution < -0.4 is 16.0 Å². The molecule has 3 N–H and O–H groups in total. The number of carbonyl (C=O) groups is 2. The van der Waals surface area contributed by atoms with Gasteiger partial charge in [-0.3, -0.25) is 9.59 Å². The topological polar surface area (TPSA) is 86.4 Å². The maximum absolute atomic E-state index is 13.8. The van der Waals surface area contributed by atoms with Gasteiger partial charge in [0.25, 0.3) is 5.91 Å². The van der Waals surface area contributed by atoms with Crippen LogP contribution in [0, 0.1) is 5.82 Å². The number of hydrogen-bond donors (Lipinski definition) is 3. The molecule has 3 atom stereocenters. The van der Waals surface area contributed by atoms with Crippen LogP contribution in [0.4, 0.5) is 10.1 Å². The average Bonchev–Trinajstić information content (AvgIpc) is 3.39. The highest BCUT2D eigenvalue weighted by Gasteiger charge is 2.33. The van der Waals surface area contributed by atoms with Crippen LogP contribution >= 0.6 is 22.9 Å². The van der Waals surface area contributed by atoms with Crippen molar-refractivity contribution < 1.29 is 14.0 Å². The first kappa shape index (κ1) is 22.6. The van der Waals surface area contributed by atoms with E-state index in [1.807, 2.05) is 0 Å². The number of benzene rings is 1. The van der Waals surface area contributed by atoms with Gasteiger partial charge in [-0.05, 0) is 37.6 Å². The van der Waals surface area contributed by atoms with E-state index >= 15 is 0 Å². The molecule has 0 bridgehead atoms. The largest absolute Gasteiger partial charge is 0.373 e. The van der Waals surface area contributed by atoms with Crippen molar-refractivity contribution in [2.24, 2.45) is 0 Å². The second-order valence-electron chi connectivity index (χ2n) is 9.18. The van der Waals surface area contributed by atoms with E-state index in [1.165, 1.54) is 17.4 Å². The Kier molecular flexibility index (Phi) is 6.28. The highest BCUT2D eigenvalue weighted by molar-refractivity contribution is 7.13. The van der Waals surface area contributed by atoms with E-state index in [1.54, 1.807) is 6.07 Å². The molecule has 0 radical (unpaired) electrons. The van der Waals surface area contributed by atoms with Crippen molar-refractivity contribution in [3.63, 3.8) is 0 Å². The molecule has 0 saturated heterocycles. The number of likely N-dealkylation sites (N-methyl/N-ethyl adjacent to an activating group) is 1. The van der Waals surface area contributed by atoms with Crippen LogP contribution in [0.1, 0.15) is 51.6 Å². The van der Waals surface area contributed by atoms with Gasteiger partial charge in [-0.25, -0.2) is 9.37 Å². The first-order valence-electron chi connectivity index (χ1n) is 11.4. The van der Waals surface area contributed by atoms with Gasteiger partial charge in [0.05, 0.1) is 10.7 Å². The molecule has 1 aromatic heterocycles. The minimum absolute atomic E-state index is 0.0576. The lowest BCUT2D eigenvalue weighted by Crippen LogP contribution is -2.55. The zero-order chi connectivity index (χ0) is 23.1. The summed E-state index contributed by atoms with van der Waals surface area (Å²) in [6, 6.07) is 2.12. The molecule has 176 valence electrons. The summed E-state index contributed by atoms with van der Waals surface area (Å²) in [5, 5.41) is 9.90. The molecule has 2 aliphatic heterocycles. The Morgan fingerprint density at radius 2 is 2.00 bits per heavy atom. The number of anilines is 1. The normalized spacial score (nSPS) is 24.5. The molecule has 33 heavy (non-hydrogen) atoms. The quantitative estimate of drug-likeness (QED) is 0.612. The number of carbonyl (C=O) groups excluding carboxylic acids is 2. The van der Waals surface area contributed by atoms with Gasteiger partial charge in [0, 0.05) is 48.6 Å². The van der Waals surface area contributed by atoms with Gasteiger partial charge in [0.1, 0.15) is 11.9 Å². The molecule has 1 unspecified atom stereocenters. The third kappa shape index (κ3) is 4.72. The van der Waals surface area contributed by atoms with E-state index < -0.39 is 11.9 Å². The van der Waals surface area contributed by atoms with Crippen molar-refractivity contribution in [1.82, 2.24) is 20.5 Å². The molecule has 3 heterocycles. The summed E-state index contributed by atoms with van der Waals surface area (Å²) in [6.07, 6.45) is 4.92. The van der Waals surface area contributed by atoms with Crippen molar-refractivity contribution in [3.05, 3.63) is 44.1 Å². The zero-order valence-electron chi connectivity index (χ0n) is 18.4. The summed E-state index contributed by atoms with van der Waals surface area (Å²) in [4.78, 5) is 33.9. The molecular weight excluding hydrogens is 465 g/mol. The summed E-state index contributed by atoms with van der Waals surface area (Å²) in [5.41, 5.74) is 2.46. The van der Waals surface area contributed by atoms with E-state index in [9.17, 15) is 14.0 Å². The molecule has 1 aliphatic carbocycles. The predicted octanol–water partition coefficient (Wildman–Crippen LogP) is 3.12. The molecule has 5 rings (SSSR count). The van der Waals surface area contributed by atoms with Crippen LogP contribution in [-0.4, -0.2) is 53.4 Å². The molecule has 2 aromatic rings. The summed E-state index contributed by atoms with van der Waals surface area (Å²) < 4.78 is 13.8. The maximum atomic E-state index is 13.8. The number of aromatic nitrogens is 1. The monoisotopic (exact) mass is 491 g/mol. The number of nitrogens with zero attached hydrogens (tertiary/aromatic N) is 2. The standard InChI is InChI=1S/C23H27ClFN5O2S/c1-30-7-6-17-20(11-30)33-23(29-17)22(32)28-16-5-3-2-4-15(16)27-21(31)19-9-12-8-13(24)14(25)10-18(12)26-19/h8,10,15-16,19,26H,2-7,9,11H2,1H3,(H,27,31)(H,28,32)/t15-,16-,19?/m0/s1. The third-order valence-electron chi connectivity index (χ3n) is 6.74. The number of rotatable bonds is 4. The first-order chi connectivity index (χ1) is 15.9. The summed E-state index contributed by atoms with van der Waals surface area (Å²) in [6.45, 7) is 1.78. The van der Waals surface area contributed by atoms with Gasteiger partial charge in [-0.1, -0.05) is 24.4 Å². The van der Waals surface area contributed by atoms with Crippen molar-refractivity contribution in [2.45, 2.75) is 63.2 Å². The lowest BCUT2D eigenvalue weighted by atomic mass is 9.90. The molecule has 2 amide bonds. The maximum Gasteiger partial charge on any atom is 0.280 e. The van der Waals surface area contributed by atoms with Gasteiger partial charge < -0.3 is 20.9 Å². The third-order valence-corrected chi connectivity index (χ3v) is 8.11. The van der Waals surface area contributed by atoms with E-state index in [4.69, 9.17) is 11.6 Å². The van der Waals surface area contributed by atoms with Gasteiger partial charge in [-0.15, -0.1) is 11.3 Å². The first-order valence-corrected chi connectivity index (χ1v) is 12.6. The summed E-state index contributed by atoms with van der Waals surface area (Å²) in [7, 11) is 2.07. The van der Waals surface area contributed by atoms with E-state index in [-0.39, 0.29) is 28.9 Å². The Balaban J connectivity index is 1.22. The van der Waals surface area contributed by atoms with Crippen molar-refractivity contribution >= 4 is 40.4 Å². The van der Waals surface area contributed by atoms with Crippen LogP contribution in [0.3, 0.4) is 0 Å². The molecule has 3 aliphatic rings. The van der Waals surface area contributed by atoms with Crippen LogP contribution in [0.5, 0.6) is 0 Å². The number of thiazole rings is 1. The van der Waals surface area contributed by atoms with E-state index in [0.717, 1.165) is 61.3 Å². The highest BCUT2D eigenvalue weighted by atomic mass is 35.5. The number of nitrogens with one attached hydrogen (secondary N) is 3. The average molecular weight is 492 g/mol. The van der Waals surface area contributed by atoms with Crippen LogP contribution in [0.15, 0.2) is 12.1 Å². The Labute approximate surface area is 201 Å². The van der Waals surface area contributed by atoms with Gasteiger partial charge in [0.2, 0.25) is 5.91 Å². The molecule has 0 spiro atoms. The number of halogens is 2. The van der Waals surface area contributed by atoms with Crippen LogP contribution in [-0.2, 0) is 24.2 Å². The Bertz CT molecular complexity index is 1060. The van der Waals surface area contributed by atoms with E-state index in [2.05, 4.69) is 32.9 Å².